The molecule has 1 unspecified atom stereocenters. The van der Waals surface area contributed by atoms with Crippen LogP contribution in [-0.2, 0) is 4.79 Å². The lowest BCUT2D eigenvalue weighted by Gasteiger charge is -2.27. The van der Waals surface area contributed by atoms with E-state index in [0.717, 1.165) is 58.7 Å². The number of likely N-dealkylation sites (tertiary alicyclic amines) is 1. The van der Waals surface area contributed by atoms with E-state index in [1.807, 2.05) is 11.8 Å². The monoisotopic (exact) mass is 391 g/mol. The summed E-state index contributed by atoms with van der Waals surface area (Å²) in [5.41, 5.74) is 0.545. The van der Waals surface area contributed by atoms with Gasteiger partial charge in [0.25, 0.3) is 5.91 Å². The van der Waals surface area contributed by atoms with Crippen LogP contribution in [0.3, 0.4) is 0 Å². The van der Waals surface area contributed by atoms with E-state index in [1.165, 1.54) is 11.8 Å². The van der Waals surface area contributed by atoms with Crippen LogP contribution in [0.2, 0.25) is 0 Å². The molecule has 1 aromatic rings. The highest BCUT2D eigenvalue weighted by Gasteiger charge is 2.25. The van der Waals surface area contributed by atoms with Gasteiger partial charge >= 0.3 is 0 Å². The van der Waals surface area contributed by atoms with Crippen LogP contribution in [0.15, 0.2) is 23.4 Å². The van der Waals surface area contributed by atoms with Crippen molar-refractivity contribution < 1.29 is 9.59 Å². The molecule has 7 nitrogen and oxygen atoms in total. The number of nitrogens with one attached hydrogen (secondary N) is 2. The summed E-state index contributed by atoms with van der Waals surface area (Å²) < 4.78 is 0. The summed E-state index contributed by atoms with van der Waals surface area (Å²) in [6.45, 7) is 9.06. The van der Waals surface area contributed by atoms with Crippen LogP contribution in [-0.4, -0.2) is 84.2 Å². The van der Waals surface area contributed by atoms with Crippen LogP contribution in [0.4, 0.5) is 0 Å². The van der Waals surface area contributed by atoms with Crippen molar-refractivity contribution >= 4 is 23.6 Å². The van der Waals surface area contributed by atoms with Crippen LogP contribution in [0, 0.1) is 0 Å². The van der Waals surface area contributed by atoms with Gasteiger partial charge in [-0.15, -0.1) is 0 Å². The molecule has 2 saturated heterocycles. The Bertz CT molecular complexity index is 645. The Morgan fingerprint density at radius 2 is 2.00 bits per heavy atom. The number of rotatable bonds is 7. The maximum Gasteiger partial charge on any atom is 0.254 e. The summed E-state index contributed by atoms with van der Waals surface area (Å²) in [5, 5.41) is 6.70. The second-order valence-corrected chi connectivity index (χ2v) is 8.33. The van der Waals surface area contributed by atoms with Gasteiger partial charge in [0.15, 0.2) is 0 Å². The van der Waals surface area contributed by atoms with Gasteiger partial charge in [0.1, 0.15) is 5.03 Å². The number of aromatic nitrogens is 1. The largest absolute Gasteiger partial charge is 0.351 e. The van der Waals surface area contributed by atoms with Gasteiger partial charge in [0.2, 0.25) is 5.91 Å². The first-order valence-corrected chi connectivity index (χ1v) is 10.6. The maximum absolute atomic E-state index is 12.6. The number of carbonyl (C=O) groups is 2. The highest BCUT2D eigenvalue weighted by atomic mass is 32.2. The molecular formula is C19H29N5O2S. The van der Waals surface area contributed by atoms with E-state index >= 15 is 0 Å². The molecule has 8 heteroatoms. The standard InChI is InChI=1S/C19H29N5O2S/c1-15(19(26)24-10-2-3-11-24)27-18-16(5-4-6-22-18)17(25)21-9-14-23-12-7-20-8-13-23/h4-6,15,20H,2-3,7-14H2,1H3,(H,21,25). The maximum atomic E-state index is 12.6. The van der Waals surface area contributed by atoms with Crippen LogP contribution in [0.5, 0.6) is 0 Å². The molecule has 0 radical (unpaired) electrons. The van der Waals surface area contributed by atoms with Crippen molar-refractivity contribution in [3.8, 4) is 0 Å². The van der Waals surface area contributed by atoms with Crippen molar-refractivity contribution in [3.63, 3.8) is 0 Å². The average Bonchev–Trinajstić information content (AvgIpc) is 3.23. The van der Waals surface area contributed by atoms with Gasteiger partial charge in [0.05, 0.1) is 10.8 Å². The van der Waals surface area contributed by atoms with Gasteiger partial charge in [0, 0.05) is 58.6 Å². The van der Waals surface area contributed by atoms with Crippen LogP contribution in [0.25, 0.3) is 0 Å². The van der Waals surface area contributed by atoms with E-state index < -0.39 is 0 Å². The lowest BCUT2D eigenvalue weighted by Crippen LogP contribution is -2.46. The molecule has 148 valence electrons. The van der Waals surface area contributed by atoms with E-state index in [2.05, 4.69) is 20.5 Å². The number of hydrogen-bond donors (Lipinski definition) is 2. The molecule has 0 aromatic carbocycles. The molecule has 0 aliphatic carbocycles. The van der Waals surface area contributed by atoms with Crippen LogP contribution < -0.4 is 10.6 Å². The van der Waals surface area contributed by atoms with E-state index in [-0.39, 0.29) is 17.1 Å². The number of thioether (sulfide) groups is 1. The molecule has 0 spiro atoms. The van der Waals surface area contributed by atoms with E-state index in [0.29, 0.717) is 17.1 Å². The number of piperazine rings is 1. The fourth-order valence-electron chi connectivity index (χ4n) is 3.43. The van der Waals surface area contributed by atoms with E-state index in [9.17, 15) is 9.59 Å². The normalized spacial score (nSPS) is 19.1. The fourth-order valence-corrected chi connectivity index (χ4v) is 4.42. The quantitative estimate of drug-likeness (QED) is 0.670. The number of amides is 2. The first-order valence-electron chi connectivity index (χ1n) is 9.77. The van der Waals surface area contributed by atoms with Crippen molar-refractivity contribution in [2.75, 3.05) is 52.4 Å². The van der Waals surface area contributed by atoms with Crippen molar-refractivity contribution in [1.82, 2.24) is 25.4 Å². The first-order chi connectivity index (χ1) is 13.1. The zero-order chi connectivity index (χ0) is 19.1. The molecule has 0 saturated carbocycles. The summed E-state index contributed by atoms with van der Waals surface area (Å²) >= 11 is 1.37. The molecule has 2 aliphatic heterocycles. The second-order valence-electron chi connectivity index (χ2n) is 7.00. The molecule has 0 bridgehead atoms. The van der Waals surface area contributed by atoms with Crippen molar-refractivity contribution in [2.45, 2.75) is 30.0 Å². The highest BCUT2D eigenvalue weighted by molar-refractivity contribution is 8.00. The van der Waals surface area contributed by atoms with E-state index in [1.54, 1.807) is 18.3 Å². The van der Waals surface area contributed by atoms with Gasteiger partial charge in [-0.3, -0.25) is 14.5 Å². The average molecular weight is 392 g/mol. The first kappa shape index (κ1) is 20.1. The number of nitrogens with zero attached hydrogens (tertiary/aromatic N) is 3. The Kier molecular flexibility index (Phi) is 7.49. The minimum atomic E-state index is -0.245. The topological polar surface area (TPSA) is 77.6 Å². The molecule has 3 rings (SSSR count). The summed E-state index contributed by atoms with van der Waals surface area (Å²) in [5.74, 6) is 0.00905. The smallest absolute Gasteiger partial charge is 0.254 e. The minimum absolute atomic E-state index is 0.124. The van der Waals surface area contributed by atoms with Gasteiger partial charge in [-0.1, -0.05) is 11.8 Å². The predicted molar refractivity (Wildman–Crippen MR) is 107 cm³/mol. The van der Waals surface area contributed by atoms with Gasteiger partial charge in [-0.05, 0) is 31.9 Å². The third-order valence-electron chi connectivity index (χ3n) is 4.99. The highest BCUT2D eigenvalue weighted by Crippen LogP contribution is 2.26. The molecule has 2 aliphatic rings. The van der Waals surface area contributed by atoms with E-state index in [4.69, 9.17) is 0 Å². The Morgan fingerprint density at radius 1 is 1.26 bits per heavy atom. The Labute approximate surface area is 165 Å². The second kappa shape index (κ2) is 10.1. The molecule has 3 heterocycles. The summed E-state index contributed by atoms with van der Waals surface area (Å²) in [6, 6.07) is 3.55. The number of pyridine rings is 1. The zero-order valence-electron chi connectivity index (χ0n) is 15.9. The van der Waals surface area contributed by atoms with Crippen LogP contribution >= 0.6 is 11.8 Å². The Balaban J connectivity index is 1.54. The summed E-state index contributed by atoms with van der Waals surface area (Å²) in [6.07, 6.45) is 3.83. The zero-order valence-corrected chi connectivity index (χ0v) is 16.8. The SMILES string of the molecule is CC(Sc1ncccc1C(=O)NCCN1CCNCC1)C(=O)N1CCCC1. The molecule has 1 aromatic heterocycles. The predicted octanol–water partition coefficient (Wildman–Crippen LogP) is 0.820. The minimum Gasteiger partial charge on any atom is -0.351 e. The van der Waals surface area contributed by atoms with Gasteiger partial charge in [-0.2, -0.15) is 0 Å². The van der Waals surface area contributed by atoms with Gasteiger partial charge in [-0.25, -0.2) is 4.98 Å². The third kappa shape index (κ3) is 5.67. The van der Waals surface area contributed by atoms with Crippen molar-refractivity contribution in [1.29, 1.82) is 0 Å². The van der Waals surface area contributed by atoms with Gasteiger partial charge < -0.3 is 15.5 Å². The molecular weight excluding hydrogens is 362 g/mol. The summed E-state index contributed by atoms with van der Waals surface area (Å²) in [7, 11) is 0. The Morgan fingerprint density at radius 3 is 2.74 bits per heavy atom. The number of carbonyl (C=O) groups excluding carboxylic acids is 2. The third-order valence-corrected chi connectivity index (χ3v) is 6.10. The van der Waals surface area contributed by atoms with Crippen LogP contribution in [0.1, 0.15) is 30.1 Å². The molecule has 2 fully saturated rings. The molecule has 2 N–H and O–H groups in total. The van der Waals surface area contributed by atoms with Crippen molar-refractivity contribution in [2.24, 2.45) is 0 Å². The molecule has 27 heavy (non-hydrogen) atoms. The lowest BCUT2D eigenvalue weighted by atomic mass is 10.2. The fraction of sp³-hybridized carbons (Fsp3) is 0.632. The van der Waals surface area contributed by atoms with Crippen molar-refractivity contribution in [3.05, 3.63) is 23.9 Å². The molecule has 2 amide bonds. The molecule has 1 atom stereocenters. The number of hydrogen-bond acceptors (Lipinski definition) is 6. The Hall–Kier alpha value is -1.64. The lowest BCUT2D eigenvalue weighted by molar-refractivity contribution is -0.129. The summed E-state index contributed by atoms with van der Waals surface area (Å²) in [4.78, 5) is 33.8.